The second-order valence-electron chi connectivity index (χ2n) is 11.5. The van der Waals surface area contributed by atoms with E-state index in [1.165, 1.54) is 44.3 Å². The zero-order valence-corrected chi connectivity index (χ0v) is 25.4. The van der Waals surface area contributed by atoms with E-state index in [4.69, 9.17) is 0 Å². The van der Waals surface area contributed by atoms with Crippen LogP contribution in [0.4, 0.5) is 17.1 Å². The Hall–Kier alpha value is -6.12. The summed E-state index contributed by atoms with van der Waals surface area (Å²) in [5.41, 5.74) is 12.9. The first-order valence-corrected chi connectivity index (χ1v) is 15.7. The Morgan fingerprint density at radius 3 is 1.41 bits per heavy atom. The summed E-state index contributed by atoms with van der Waals surface area (Å²) in [4.78, 5) is 2.34. The van der Waals surface area contributed by atoms with Gasteiger partial charge in [-0.3, -0.25) is 0 Å². The smallest absolute Gasteiger partial charge is 0.0528 e. The van der Waals surface area contributed by atoms with Crippen LogP contribution in [0.3, 0.4) is 0 Å². The number of fused-ring (bicyclic) bond motifs is 1. The molecular formula is C44H32N2. The quantitative estimate of drug-likeness (QED) is 0.180. The van der Waals surface area contributed by atoms with Crippen LogP contribution in [0.2, 0.25) is 0 Å². The zero-order chi connectivity index (χ0) is 30.7. The minimum Gasteiger partial charge on any atom is -0.317 e. The number of nitrogens with zero attached hydrogens (tertiary/aromatic N) is 2. The largest absolute Gasteiger partial charge is 0.317 e. The molecule has 7 aromatic carbocycles. The molecule has 0 N–H and O–H groups in total. The van der Waals surface area contributed by atoms with E-state index in [1.807, 2.05) is 0 Å². The van der Waals surface area contributed by atoms with Crippen LogP contribution in [0.1, 0.15) is 0 Å². The molecule has 1 heterocycles. The lowest BCUT2D eigenvalue weighted by Crippen LogP contribution is -2.10. The highest BCUT2D eigenvalue weighted by Crippen LogP contribution is 2.38. The second kappa shape index (κ2) is 12.1. The predicted molar refractivity (Wildman–Crippen MR) is 194 cm³/mol. The lowest BCUT2D eigenvalue weighted by Gasteiger charge is -2.26. The van der Waals surface area contributed by atoms with Crippen molar-refractivity contribution in [1.29, 1.82) is 0 Å². The molecule has 0 spiro atoms. The Labute approximate surface area is 270 Å². The van der Waals surface area contributed by atoms with Crippen LogP contribution in [0.15, 0.2) is 194 Å². The molecule has 0 saturated heterocycles. The summed E-state index contributed by atoms with van der Waals surface area (Å²) in [5.74, 6) is 0. The Bertz CT molecular complexity index is 2130. The van der Waals surface area contributed by atoms with E-state index in [-0.39, 0.29) is 0 Å². The summed E-state index contributed by atoms with van der Waals surface area (Å²) in [5, 5.41) is 1.24. The van der Waals surface area contributed by atoms with E-state index in [0.29, 0.717) is 0 Å². The first-order chi connectivity index (χ1) is 22.8. The number of aromatic nitrogens is 1. The van der Waals surface area contributed by atoms with Crippen LogP contribution in [-0.2, 0) is 0 Å². The molecule has 2 heteroatoms. The molecule has 8 aromatic rings. The van der Waals surface area contributed by atoms with Crippen molar-refractivity contribution in [2.75, 3.05) is 4.90 Å². The number of rotatable bonds is 7. The third-order valence-corrected chi connectivity index (χ3v) is 8.65. The van der Waals surface area contributed by atoms with E-state index in [2.05, 4.69) is 204 Å². The molecule has 0 bridgehead atoms. The van der Waals surface area contributed by atoms with Gasteiger partial charge in [0.05, 0.1) is 5.52 Å². The highest BCUT2D eigenvalue weighted by molar-refractivity contribution is 5.84. The molecule has 0 radical (unpaired) electrons. The number of hydrogen-bond donors (Lipinski definition) is 0. The first-order valence-electron chi connectivity index (χ1n) is 15.7. The zero-order valence-electron chi connectivity index (χ0n) is 25.4. The van der Waals surface area contributed by atoms with Crippen molar-refractivity contribution < 1.29 is 0 Å². The molecule has 0 fully saturated rings. The number of para-hydroxylation sites is 1. The van der Waals surface area contributed by atoms with Gasteiger partial charge in [0.15, 0.2) is 0 Å². The monoisotopic (exact) mass is 588 g/mol. The van der Waals surface area contributed by atoms with Gasteiger partial charge in [-0.1, -0.05) is 127 Å². The minimum atomic E-state index is 1.11. The molecule has 0 unspecified atom stereocenters. The molecule has 0 aliphatic rings. The van der Waals surface area contributed by atoms with Crippen molar-refractivity contribution in [1.82, 2.24) is 4.57 Å². The SMILES string of the molecule is c1ccc(-c2ccc(N(c3ccc(-c4ccccc4)cc3)c3cccc(-c4ccc(-n5ccc6ccccc65)cc4)c3)cc2)cc1. The van der Waals surface area contributed by atoms with Crippen LogP contribution in [0.25, 0.3) is 50.0 Å². The minimum absolute atomic E-state index is 1.11. The first kappa shape index (κ1) is 27.4. The summed E-state index contributed by atoms with van der Waals surface area (Å²) in [7, 11) is 0. The van der Waals surface area contributed by atoms with E-state index in [1.54, 1.807) is 0 Å². The molecule has 218 valence electrons. The van der Waals surface area contributed by atoms with Gasteiger partial charge >= 0.3 is 0 Å². The molecule has 2 nitrogen and oxygen atoms in total. The van der Waals surface area contributed by atoms with Crippen LogP contribution >= 0.6 is 0 Å². The van der Waals surface area contributed by atoms with Crippen molar-refractivity contribution in [3.8, 4) is 39.1 Å². The Morgan fingerprint density at radius 2 is 0.804 bits per heavy atom. The lowest BCUT2D eigenvalue weighted by atomic mass is 10.0. The third-order valence-electron chi connectivity index (χ3n) is 8.65. The van der Waals surface area contributed by atoms with Gasteiger partial charge in [0, 0.05) is 28.9 Å². The molecule has 46 heavy (non-hydrogen) atoms. The van der Waals surface area contributed by atoms with Gasteiger partial charge in [0.2, 0.25) is 0 Å². The van der Waals surface area contributed by atoms with Crippen molar-refractivity contribution in [3.63, 3.8) is 0 Å². The van der Waals surface area contributed by atoms with Gasteiger partial charge in [-0.25, -0.2) is 0 Å². The maximum absolute atomic E-state index is 2.34. The standard InChI is InChI=1S/C44H32N2/c1-3-10-33(11-4-1)35-20-26-41(27-21-35)46(42-28-22-36(23-29-42)34-12-5-2-6-13-34)43-16-9-15-39(32-43)37-18-24-40(25-19-37)45-31-30-38-14-7-8-17-44(38)45/h1-32H. The molecule has 0 aliphatic heterocycles. The van der Waals surface area contributed by atoms with Crippen LogP contribution in [0.5, 0.6) is 0 Å². The van der Waals surface area contributed by atoms with Crippen molar-refractivity contribution in [2.45, 2.75) is 0 Å². The molecule has 1 aromatic heterocycles. The average Bonchev–Trinajstić information content (AvgIpc) is 3.58. The van der Waals surface area contributed by atoms with Crippen molar-refractivity contribution in [2.24, 2.45) is 0 Å². The Kier molecular flexibility index (Phi) is 7.22. The molecule has 0 saturated carbocycles. The van der Waals surface area contributed by atoms with E-state index in [9.17, 15) is 0 Å². The van der Waals surface area contributed by atoms with Gasteiger partial charge < -0.3 is 9.47 Å². The van der Waals surface area contributed by atoms with E-state index in [0.717, 1.165) is 22.7 Å². The van der Waals surface area contributed by atoms with E-state index >= 15 is 0 Å². The maximum Gasteiger partial charge on any atom is 0.0528 e. The fourth-order valence-electron chi connectivity index (χ4n) is 6.26. The van der Waals surface area contributed by atoms with Gasteiger partial charge in [-0.15, -0.1) is 0 Å². The maximum atomic E-state index is 2.34. The number of benzene rings is 7. The summed E-state index contributed by atoms with van der Waals surface area (Å²) >= 11 is 0. The lowest BCUT2D eigenvalue weighted by molar-refractivity contribution is 1.13. The molecule has 8 rings (SSSR count). The fourth-order valence-corrected chi connectivity index (χ4v) is 6.26. The van der Waals surface area contributed by atoms with E-state index < -0.39 is 0 Å². The third kappa shape index (κ3) is 5.38. The highest BCUT2D eigenvalue weighted by Gasteiger charge is 2.14. The topological polar surface area (TPSA) is 8.17 Å². The van der Waals surface area contributed by atoms with Gasteiger partial charge in [-0.05, 0) is 99.4 Å². The van der Waals surface area contributed by atoms with Crippen LogP contribution in [0, 0.1) is 0 Å². The van der Waals surface area contributed by atoms with Gasteiger partial charge in [0.25, 0.3) is 0 Å². The summed E-state index contributed by atoms with van der Waals surface area (Å²) in [6, 6.07) is 67.1. The van der Waals surface area contributed by atoms with Crippen molar-refractivity contribution >= 4 is 28.0 Å². The summed E-state index contributed by atoms with van der Waals surface area (Å²) < 4.78 is 2.25. The Balaban J connectivity index is 1.16. The van der Waals surface area contributed by atoms with Crippen LogP contribution < -0.4 is 4.90 Å². The number of anilines is 3. The molecule has 0 aliphatic carbocycles. The predicted octanol–water partition coefficient (Wildman–Crippen LogP) is 12.1. The number of hydrogen-bond acceptors (Lipinski definition) is 1. The highest BCUT2D eigenvalue weighted by atomic mass is 15.1. The fraction of sp³-hybridized carbons (Fsp3) is 0. The van der Waals surface area contributed by atoms with Gasteiger partial charge in [-0.2, -0.15) is 0 Å². The Morgan fingerprint density at radius 1 is 0.326 bits per heavy atom. The summed E-state index contributed by atoms with van der Waals surface area (Å²) in [6.45, 7) is 0. The summed E-state index contributed by atoms with van der Waals surface area (Å²) in [6.07, 6.45) is 2.14. The van der Waals surface area contributed by atoms with Gasteiger partial charge in [0.1, 0.15) is 0 Å². The molecule has 0 atom stereocenters. The normalized spacial score (nSPS) is 11.0. The average molecular weight is 589 g/mol. The molecular weight excluding hydrogens is 556 g/mol. The second-order valence-corrected chi connectivity index (χ2v) is 11.5. The molecule has 0 amide bonds. The van der Waals surface area contributed by atoms with Crippen molar-refractivity contribution in [3.05, 3.63) is 194 Å². The van der Waals surface area contributed by atoms with Crippen LogP contribution in [-0.4, -0.2) is 4.57 Å².